The summed E-state index contributed by atoms with van der Waals surface area (Å²) in [4.78, 5) is 2.63. The Bertz CT molecular complexity index is 1050. The van der Waals surface area contributed by atoms with Crippen LogP contribution in [0.15, 0.2) is 48.8 Å². The maximum Gasteiger partial charge on any atom is 0.538 e. The van der Waals surface area contributed by atoms with Crippen molar-refractivity contribution in [2.24, 2.45) is 7.05 Å². The molecule has 0 radical (unpaired) electrons. The SMILES string of the molecule is Cc1cccc2c1-c1n(cc[n+]1C)B(c1c(C(C)C)cccc1C(C)C)N2C(C)C. The van der Waals surface area contributed by atoms with Crippen LogP contribution in [-0.2, 0) is 7.05 Å². The van der Waals surface area contributed by atoms with E-state index in [1.807, 2.05) is 0 Å². The third-order valence-corrected chi connectivity index (χ3v) is 6.54. The van der Waals surface area contributed by atoms with Gasteiger partial charge in [0.2, 0.25) is 0 Å². The molecule has 0 spiro atoms. The normalized spacial score (nSPS) is 13.4. The van der Waals surface area contributed by atoms with Crippen molar-refractivity contribution in [2.45, 2.75) is 66.3 Å². The minimum atomic E-state index is 0.145. The van der Waals surface area contributed by atoms with Gasteiger partial charge >= 0.3 is 6.98 Å². The quantitative estimate of drug-likeness (QED) is 0.443. The van der Waals surface area contributed by atoms with Crippen molar-refractivity contribution in [3.8, 4) is 11.4 Å². The second-order valence-electron chi connectivity index (χ2n) is 9.64. The zero-order chi connectivity index (χ0) is 21.7. The number of fused-ring (bicyclic) bond motifs is 3. The van der Waals surface area contributed by atoms with Crippen molar-refractivity contribution in [3.05, 3.63) is 65.5 Å². The standard InChI is InChI=1S/C26H35BN3/c1-17(2)21-12-10-13-22(18(3)4)25(21)27-29-16-15-28(8)26(29)24-20(7)11-9-14-23(24)30(27)19(5)6/h9-19H,1-8H3/q+1. The summed E-state index contributed by atoms with van der Waals surface area (Å²) in [6.07, 6.45) is 4.47. The number of aryl methyl sites for hydroxylation is 2. The van der Waals surface area contributed by atoms with Gasteiger partial charge in [-0.05, 0) is 55.4 Å². The van der Waals surface area contributed by atoms with Crippen LogP contribution in [0, 0.1) is 6.92 Å². The van der Waals surface area contributed by atoms with E-state index < -0.39 is 0 Å². The van der Waals surface area contributed by atoms with Gasteiger partial charge in [0.15, 0.2) is 0 Å². The number of anilines is 1. The zero-order valence-corrected chi connectivity index (χ0v) is 19.8. The van der Waals surface area contributed by atoms with Gasteiger partial charge in [0.25, 0.3) is 5.82 Å². The molecule has 0 unspecified atom stereocenters. The Labute approximate surface area is 182 Å². The van der Waals surface area contributed by atoms with Crippen LogP contribution in [0.2, 0.25) is 0 Å². The highest BCUT2D eigenvalue weighted by Gasteiger charge is 2.47. The summed E-state index contributed by atoms with van der Waals surface area (Å²) in [5, 5.41) is 0. The number of hydrogen-bond donors (Lipinski definition) is 0. The largest absolute Gasteiger partial charge is 0.538 e. The molecule has 1 aliphatic heterocycles. The molecule has 4 heteroatoms. The molecule has 156 valence electrons. The van der Waals surface area contributed by atoms with Crippen molar-refractivity contribution in [1.29, 1.82) is 0 Å². The molecular formula is C26H35BN3+. The van der Waals surface area contributed by atoms with E-state index >= 15 is 0 Å². The number of nitrogens with zero attached hydrogens (tertiary/aromatic N) is 3. The van der Waals surface area contributed by atoms with Crippen molar-refractivity contribution >= 4 is 18.1 Å². The Kier molecular flexibility index (Phi) is 5.29. The molecule has 0 fully saturated rings. The Morgan fingerprint density at radius 1 is 0.867 bits per heavy atom. The molecule has 1 aliphatic rings. The summed E-state index contributed by atoms with van der Waals surface area (Å²) in [5.41, 5.74) is 8.40. The van der Waals surface area contributed by atoms with E-state index in [4.69, 9.17) is 0 Å². The number of rotatable bonds is 4. The first-order valence-corrected chi connectivity index (χ1v) is 11.3. The van der Waals surface area contributed by atoms with Crippen LogP contribution >= 0.6 is 0 Å². The van der Waals surface area contributed by atoms with Crippen molar-refractivity contribution in [1.82, 2.24) is 4.48 Å². The van der Waals surface area contributed by atoms with Gasteiger partial charge in [0.1, 0.15) is 12.4 Å². The van der Waals surface area contributed by atoms with Crippen LogP contribution < -0.4 is 14.8 Å². The maximum atomic E-state index is 2.63. The Hall–Kier alpha value is -2.49. The summed E-state index contributed by atoms with van der Waals surface area (Å²) in [6.45, 7) is 16.3. The first-order valence-electron chi connectivity index (χ1n) is 11.3. The highest BCUT2D eigenvalue weighted by molar-refractivity contribution is 6.77. The second kappa shape index (κ2) is 7.65. The summed E-state index contributed by atoms with van der Waals surface area (Å²) >= 11 is 0. The molecular weight excluding hydrogens is 365 g/mol. The van der Waals surface area contributed by atoms with Crippen LogP contribution in [-0.4, -0.2) is 17.5 Å². The van der Waals surface area contributed by atoms with E-state index in [1.165, 1.54) is 39.2 Å². The van der Waals surface area contributed by atoms with Crippen LogP contribution in [0.4, 0.5) is 5.69 Å². The molecule has 3 nitrogen and oxygen atoms in total. The molecule has 0 saturated carbocycles. The third kappa shape index (κ3) is 3.08. The van der Waals surface area contributed by atoms with Gasteiger partial charge in [-0.3, -0.25) is 4.48 Å². The monoisotopic (exact) mass is 400 g/mol. The zero-order valence-electron chi connectivity index (χ0n) is 19.8. The number of imidazole rings is 1. The first-order chi connectivity index (χ1) is 14.2. The lowest BCUT2D eigenvalue weighted by Crippen LogP contribution is -2.61. The number of aromatic nitrogens is 2. The smallest absolute Gasteiger partial charge is 0.367 e. The van der Waals surface area contributed by atoms with Gasteiger partial charge in [-0.15, -0.1) is 0 Å². The molecule has 0 amide bonds. The number of benzene rings is 2. The molecule has 3 aromatic rings. The average Bonchev–Trinajstić information content (AvgIpc) is 3.07. The molecule has 2 heterocycles. The van der Waals surface area contributed by atoms with Crippen LogP contribution in [0.3, 0.4) is 0 Å². The Morgan fingerprint density at radius 3 is 2.03 bits per heavy atom. The van der Waals surface area contributed by atoms with Crippen LogP contribution in [0.5, 0.6) is 0 Å². The lowest BCUT2D eigenvalue weighted by atomic mass is 9.57. The Balaban J connectivity index is 2.11. The highest BCUT2D eigenvalue weighted by atomic mass is 15.2. The fourth-order valence-electron chi connectivity index (χ4n) is 5.17. The van der Waals surface area contributed by atoms with Gasteiger partial charge in [-0.25, -0.2) is 4.57 Å². The fourth-order valence-corrected chi connectivity index (χ4v) is 5.17. The minimum Gasteiger partial charge on any atom is -0.367 e. The average molecular weight is 400 g/mol. The molecule has 2 aromatic carbocycles. The van der Waals surface area contributed by atoms with Gasteiger partial charge in [-0.2, -0.15) is 0 Å². The van der Waals surface area contributed by atoms with Crippen molar-refractivity contribution in [2.75, 3.05) is 4.81 Å². The van der Waals surface area contributed by atoms with E-state index in [1.54, 1.807) is 0 Å². The molecule has 30 heavy (non-hydrogen) atoms. The molecule has 0 aliphatic carbocycles. The van der Waals surface area contributed by atoms with Crippen LogP contribution in [0.25, 0.3) is 11.4 Å². The lowest BCUT2D eigenvalue weighted by Gasteiger charge is -2.39. The predicted molar refractivity (Wildman–Crippen MR) is 129 cm³/mol. The van der Waals surface area contributed by atoms with Crippen LogP contribution in [0.1, 0.15) is 70.1 Å². The summed E-state index contributed by atoms with van der Waals surface area (Å²) in [5.74, 6) is 2.23. The molecule has 0 bridgehead atoms. The third-order valence-electron chi connectivity index (χ3n) is 6.54. The van der Waals surface area contributed by atoms with Crippen molar-refractivity contribution < 1.29 is 4.57 Å². The fraction of sp³-hybridized carbons (Fsp3) is 0.423. The molecule has 0 N–H and O–H groups in total. The summed E-state index contributed by atoms with van der Waals surface area (Å²) in [7, 11) is 2.17. The van der Waals surface area contributed by atoms with Gasteiger partial charge in [0, 0.05) is 17.2 Å². The highest BCUT2D eigenvalue weighted by Crippen LogP contribution is 2.39. The van der Waals surface area contributed by atoms with E-state index in [0.717, 1.165) is 0 Å². The summed E-state index contributed by atoms with van der Waals surface area (Å²) < 4.78 is 4.78. The second-order valence-corrected chi connectivity index (χ2v) is 9.64. The molecule has 0 atom stereocenters. The maximum absolute atomic E-state index is 2.63. The molecule has 1 aromatic heterocycles. The first kappa shape index (κ1) is 20.8. The minimum absolute atomic E-state index is 0.145. The van der Waals surface area contributed by atoms with E-state index in [9.17, 15) is 0 Å². The van der Waals surface area contributed by atoms with Gasteiger partial charge < -0.3 is 4.81 Å². The van der Waals surface area contributed by atoms with E-state index in [-0.39, 0.29) is 6.98 Å². The Morgan fingerprint density at radius 2 is 1.47 bits per heavy atom. The topological polar surface area (TPSA) is 12.0 Å². The van der Waals surface area contributed by atoms with Gasteiger partial charge in [-0.1, -0.05) is 58.0 Å². The predicted octanol–water partition coefficient (Wildman–Crippen LogP) is 5.01. The summed E-state index contributed by atoms with van der Waals surface area (Å²) in [6, 6.07) is 14.0. The molecule has 0 saturated heterocycles. The number of hydrogen-bond acceptors (Lipinski definition) is 1. The van der Waals surface area contributed by atoms with E-state index in [0.29, 0.717) is 17.9 Å². The van der Waals surface area contributed by atoms with Crippen molar-refractivity contribution in [3.63, 3.8) is 0 Å². The van der Waals surface area contributed by atoms with E-state index in [2.05, 4.69) is 118 Å². The molecule has 4 rings (SSSR count). The lowest BCUT2D eigenvalue weighted by molar-refractivity contribution is -0.659. The van der Waals surface area contributed by atoms with Gasteiger partial charge in [0.05, 0.1) is 12.6 Å².